The van der Waals surface area contributed by atoms with Gasteiger partial charge in [0, 0.05) is 11.8 Å². The lowest BCUT2D eigenvalue weighted by Gasteiger charge is -2.17. The average molecular weight is 262 g/mol. The van der Waals surface area contributed by atoms with Gasteiger partial charge in [-0.1, -0.05) is 20.3 Å². The third-order valence-corrected chi connectivity index (χ3v) is 3.27. The van der Waals surface area contributed by atoms with Crippen molar-refractivity contribution in [1.82, 2.24) is 10.6 Å². The minimum Gasteiger partial charge on any atom is -0.480 e. The van der Waals surface area contributed by atoms with Crippen LogP contribution < -0.4 is 10.6 Å². The summed E-state index contributed by atoms with van der Waals surface area (Å²) < 4.78 is 0. The highest BCUT2D eigenvalue weighted by molar-refractivity contribution is 7.99. The van der Waals surface area contributed by atoms with Gasteiger partial charge in [-0.3, -0.25) is 0 Å². The summed E-state index contributed by atoms with van der Waals surface area (Å²) in [5.41, 5.74) is 0. The van der Waals surface area contributed by atoms with Crippen LogP contribution in [0.15, 0.2) is 0 Å². The van der Waals surface area contributed by atoms with E-state index in [1.54, 1.807) is 11.8 Å². The molecule has 0 bridgehead atoms. The van der Waals surface area contributed by atoms with Gasteiger partial charge in [0.1, 0.15) is 6.04 Å². The molecule has 2 amide bonds. The molecule has 5 nitrogen and oxygen atoms in total. The fraction of sp³-hybridized carbons (Fsp3) is 0.818. The zero-order chi connectivity index (χ0) is 13.3. The lowest BCUT2D eigenvalue weighted by Crippen LogP contribution is -2.48. The molecule has 0 radical (unpaired) electrons. The van der Waals surface area contributed by atoms with Crippen LogP contribution in [-0.4, -0.2) is 40.7 Å². The van der Waals surface area contributed by atoms with E-state index in [9.17, 15) is 9.59 Å². The van der Waals surface area contributed by atoms with Gasteiger partial charge in [-0.25, -0.2) is 9.59 Å². The van der Waals surface area contributed by atoms with Crippen LogP contribution in [0.4, 0.5) is 4.79 Å². The first-order valence-electron chi connectivity index (χ1n) is 5.88. The highest BCUT2D eigenvalue weighted by Gasteiger charge is 2.19. The van der Waals surface area contributed by atoms with Gasteiger partial charge in [0.25, 0.3) is 0 Å². The molecule has 2 unspecified atom stereocenters. The summed E-state index contributed by atoms with van der Waals surface area (Å²) in [5, 5.41) is 14.1. The van der Waals surface area contributed by atoms with E-state index >= 15 is 0 Å². The van der Waals surface area contributed by atoms with Crippen LogP contribution in [0.5, 0.6) is 0 Å². The summed E-state index contributed by atoms with van der Waals surface area (Å²) in [6, 6.07) is -1.17. The van der Waals surface area contributed by atoms with Crippen LogP contribution in [0.3, 0.4) is 0 Å². The summed E-state index contributed by atoms with van der Waals surface area (Å²) in [5.74, 6) is 0.842. The number of urea groups is 1. The largest absolute Gasteiger partial charge is 0.480 e. The summed E-state index contributed by atoms with van der Waals surface area (Å²) in [4.78, 5) is 22.3. The molecule has 6 heteroatoms. The van der Waals surface area contributed by atoms with E-state index in [1.165, 1.54) is 0 Å². The van der Waals surface area contributed by atoms with Crippen LogP contribution >= 0.6 is 11.8 Å². The number of nitrogens with one attached hydrogen (secondary N) is 2. The van der Waals surface area contributed by atoms with E-state index in [0.29, 0.717) is 6.42 Å². The van der Waals surface area contributed by atoms with Crippen molar-refractivity contribution in [2.45, 2.75) is 45.7 Å². The highest BCUT2D eigenvalue weighted by Crippen LogP contribution is 2.01. The number of hydrogen-bond acceptors (Lipinski definition) is 3. The normalized spacial score (nSPS) is 13.8. The molecule has 0 saturated carbocycles. The molecule has 0 aromatic rings. The number of carboxylic acid groups (broad SMARTS) is 1. The Morgan fingerprint density at radius 2 is 1.94 bits per heavy atom. The molecule has 0 saturated heterocycles. The molecule has 0 aliphatic rings. The maximum atomic E-state index is 11.5. The Bertz CT molecular complexity index is 249. The Morgan fingerprint density at radius 1 is 1.29 bits per heavy atom. The number of carbonyl (C=O) groups excluding carboxylic acids is 1. The fourth-order valence-electron chi connectivity index (χ4n) is 1.31. The van der Waals surface area contributed by atoms with Gasteiger partial charge in [-0.15, -0.1) is 0 Å². The van der Waals surface area contributed by atoms with Gasteiger partial charge >= 0.3 is 12.0 Å². The van der Waals surface area contributed by atoms with Crippen molar-refractivity contribution in [3.05, 3.63) is 0 Å². The van der Waals surface area contributed by atoms with Crippen LogP contribution in [-0.2, 0) is 4.79 Å². The molecule has 17 heavy (non-hydrogen) atoms. The van der Waals surface area contributed by atoms with E-state index in [4.69, 9.17) is 5.11 Å². The molecule has 0 aliphatic carbocycles. The zero-order valence-electron chi connectivity index (χ0n) is 10.7. The number of carbonyl (C=O) groups is 2. The van der Waals surface area contributed by atoms with Gasteiger partial charge in [0.2, 0.25) is 0 Å². The second-order valence-corrected chi connectivity index (χ2v) is 5.18. The van der Waals surface area contributed by atoms with E-state index in [0.717, 1.165) is 17.9 Å². The molecule has 0 aliphatic heterocycles. The van der Waals surface area contributed by atoms with E-state index < -0.39 is 18.0 Å². The number of thioether (sulfide) groups is 1. The first-order chi connectivity index (χ1) is 8.01. The predicted molar refractivity (Wildman–Crippen MR) is 70.5 cm³/mol. The number of carboxylic acids is 1. The second-order valence-electron chi connectivity index (χ2n) is 3.86. The number of hydrogen-bond donors (Lipinski definition) is 3. The molecule has 0 aromatic carbocycles. The molecule has 100 valence electrons. The lowest BCUT2D eigenvalue weighted by molar-refractivity contribution is -0.139. The molecule has 0 rings (SSSR count). The molecular weight excluding hydrogens is 240 g/mol. The van der Waals surface area contributed by atoms with Crippen LogP contribution in [0.2, 0.25) is 0 Å². The maximum Gasteiger partial charge on any atom is 0.326 e. The minimum absolute atomic E-state index is 0.0380. The van der Waals surface area contributed by atoms with Crippen LogP contribution in [0.1, 0.15) is 33.6 Å². The maximum absolute atomic E-state index is 11.5. The molecule has 0 fully saturated rings. The summed E-state index contributed by atoms with van der Waals surface area (Å²) in [7, 11) is 0. The Hall–Kier alpha value is -0.910. The fourth-order valence-corrected chi connectivity index (χ4v) is 1.98. The summed E-state index contributed by atoms with van der Waals surface area (Å²) in [6.45, 7) is 5.84. The first-order valence-corrected chi connectivity index (χ1v) is 7.04. The highest BCUT2D eigenvalue weighted by atomic mass is 32.2. The number of aliphatic carboxylic acids is 1. The molecule has 0 heterocycles. The average Bonchev–Trinajstić information content (AvgIpc) is 2.25. The Kier molecular flexibility index (Phi) is 8.66. The van der Waals surface area contributed by atoms with Gasteiger partial charge in [0.05, 0.1) is 0 Å². The second kappa shape index (κ2) is 9.15. The zero-order valence-corrected chi connectivity index (χ0v) is 11.5. The minimum atomic E-state index is -0.988. The van der Waals surface area contributed by atoms with Gasteiger partial charge in [0.15, 0.2) is 0 Å². The van der Waals surface area contributed by atoms with Crippen LogP contribution in [0.25, 0.3) is 0 Å². The van der Waals surface area contributed by atoms with Crippen LogP contribution in [0, 0.1) is 0 Å². The molecular formula is C11H22N2O3S. The quantitative estimate of drug-likeness (QED) is 0.622. The SMILES string of the molecule is CCCC(NC(=O)NC(C)CSCC)C(=O)O. The van der Waals surface area contributed by atoms with E-state index in [1.807, 2.05) is 13.8 Å². The third-order valence-electron chi connectivity index (χ3n) is 2.13. The van der Waals surface area contributed by atoms with Crippen molar-refractivity contribution in [2.24, 2.45) is 0 Å². The molecule has 0 spiro atoms. The molecule has 0 aromatic heterocycles. The lowest BCUT2D eigenvalue weighted by atomic mass is 10.2. The third kappa shape index (κ3) is 7.90. The molecule has 3 N–H and O–H groups in total. The monoisotopic (exact) mass is 262 g/mol. The van der Waals surface area contributed by atoms with Crippen molar-refractivity contribution >= 4 is 23.8 Å². The summed E-state index contributed by atoms with van der Waals surface area (Å²) >= 11 is 1.73. The van der Waals surface area contributed by atoms with Gasteiger partial charge in [-0.05, 0) is 19.1 Å². The van der Waals surface area contributed by atoms with Gasteiger partial charge < -0.3 is 15.7 Å². The number of amides is 2. The van der Waals surface area contributed by atoms with Crippen molar-refractivity contribution < 1.29 is 14.7 Å². The Morgan fingerprint density at radius 3 is 2.41 bits per heavy atom. The van der Waals surface area contributed by atoms with E-state index in [2.05, 4.69) is 17.6 Å². The van der Waals surface area contributed by atoms with Gasteiger partial charge in [-0.2, -0.15) is 11.8 Å². The van der Waals surface area contributed by atoms with Crippen molar-refractivity contribution in [3.8, 4) is 0 Å². The standard InChI is InChI=1S/C11H22N2O3S/c1-4-6-9(10(14)15)13-11(16)12-8(3)7-17-5-2/h8-9H,4-7H2,1-3H3,(H,14,15)(H2,12,13,16). The van der Waals surface area contributed by atoms with Crippen molar-refractivity contribution in [3.63, 3.8) is 0 Å². The first kappa shape index (κ1) is 16.1. The Labute approximate surface area is 107 Å². The van der Waals surface area contributed by atoms with E-state index in [-0.39, 0.29) is 6.04 Å². The molecule has 2 atom stereocenters. The topological polar surface area (TPSA) is 78.4 Å². The smallest absolute Gasteiger partial charge is 0.326 e. The predicted octanol–water partition coefficient (Wildman–Crippen LogP) is 1.68. The summed E-state index contributed by atoms with van der Waals surface area (Å²) in [6.07, 6.45) is 1.17. The van der Waals surface area contributed by atoms with Crippen molar-refractivity contribution in [2.75, 3.05) is 11.5 Å². The van der Waals surface area contributed by atoms with Crippen molar-refractivity contribution in [1.29, 1.82) is 0 Å². The number of rotatable bonds is 8. The Balaban J connectivity index is 4.00.